The van der Waals surface area contributed by atoms with Crippen LogP contribution in [0.5, 0.6) is 11.5 Å². The molecule has 162 valence electrons. The van der Waals surface area contributed by atoms with Crippen LogP contribution < -0.4 is 10.1 Å². The molecule has 0 aliphatic carbocycles. The number of sulfonamides is 1. The molecule has 1 heterocycles. The molecule has 0 atom stereocenters. The van der Waals surface area contributed by atoms with E-state index in [2.05, 4.69) is 5.32 Å². The normalized spacial score (nSPS) is 15.2. The van der Waals surface area contributed by atoms with Crippen LogP contribution in [-0.2, 0) is 19.6 Å². The number of ether oxygens (including phenoxy) is 2. The SMILES string of the molecule is COc1ccc(C=C(C#N)C(=O)Nc2cc(S(=O)(=O)N3CCOCC3)ccc2O)cc1. The van der Waals surface area contributed by atoms with Crippen LogP contribution in [0.15, 0.2) is 52.9 Å². The maximum absolute atomic E-state index is 12.8. The van der Waals surface area contributed by atoms with Crippen LogP contribution in [0.3, 0.4) is 0 Å². The largest absolute Gasteiger partial charge is 0.506 e. The number of anilines is 1. The van der Waals surface area contributed by atoms with Gasteiger partial charge in [0.1, 0.15) is 23.1 Å². The number of amides is 1. The van der Waals surface area contributed by atoms with E-state index in [-0.39, 0.29) is 35.0 Å². The summed E-state index contributed by atoms with van der Waals surface area (Å²) in [5.74, 6) is -0.478. The third kappa shape index (κ3) is 5.21. The fourth-order valence-corrected chi connectivity index (χ4v) is 4.35. The third-order valence-electron chi connectivity index (χ3n) is 4.62. The summed E-state index contributed by atoms with van der Waals surface area (Å²) >= 11 is 0. The number of carbonyl (C=O) groups excluding carboxylic acids is 1. The van der Waals surface area contributed by atoms with Gasteiger partial charge in [-0.15, -0.1) is 0 Å². The van der Waals surface area contributed by atoms with Gasteiger partial charge in [0.05, 0.1) is 30.9 Å². The van der Waals surface area contributed by atoms with E-state index in [9.17, 15) is 23.6 Å². The van der Waals surface area contributed by atoms with E-state index in [1.807, 2.05) is 6.07 Å². The minimum absolute atomic E-state index is 0.0832. The number of morpholine rings is 1. The van der Waals surface area contributed by atoms with Crippen molar-refractivity contribution in [2.75, 3.05) is 38.7 Å². The summed E-state index contributed by atoms with van der Waals surface area (Å²) in [7, 11) is -2.29. The Hall–Kier alpha value is -3.39. The molecular formula is C21H21N3O6S. The molecular weight excluding hydrogens is 422 g/mol. The van der Waals surface area contributed by atoms with Gasteiger partial charge in [-0.25, -0.2) is 8.42 Å². The van der Waals surface area contributed by atoms with Crippen molar-refractivity contribution in [3.05, 3.63) is 53.6 Å². The van der Waals surface area contributed by atoms with E-state index in [4.69, 9.17) is 9.47 Å². The number of nitriles is 1. The maximum atomic E-state index is 12.8. The van der Waals surface area contributed by atoms with Crippen molar-refractivity contribution in [1.82, 2.24) is 4.31 Å². The summed E-state index contributed by atoms with van der Waals surface area (Å²) in [6.45, 7) is 1.02. The molecule has 1 saturated heterocycles. The van der Waals surface area contributed by atoms with Crippen LogP contribution in [0.25, 0.3) is 6.08 Å². The second kappa shape index (κ2) is 9.61. The Morgan fingerprint density at radius 3 is 2.52 bits per heavy atom. The molecule has 1 aliphatic heterocycles. The van der Waals surface area contributed by atoms with Crippen molar-refractivity contribution in [3.63, 3.8) is 0 Å². The van der Waals surface area contributed by atoms with Gasteiger partial charge < -0.3 is 19.9 Å². The highest BCUT2D eigenvalue weighted by Gasteiger charge is 2.27. The number of hydrogen-bond donors (Lipinski definition) is 2. The predicted octanol–water partition coefficient (Wildman–Crippen LogP) is 1.97. The Kier molecular flexibility index (Phi) is 6.91. The van der Waals surface area contributed by atoms with E-state index in [1.165, 1.54) is 35.7 Å². The number of benzene rings is 2. The smallest absolute Gasteiger partial charge is 0.266 e. The number of phenols is 1. The highest BCUT2D eigenvalue weighted by molar-refractivity contribution is 7.89. The molecule has 0 unspecified atom stereocenters. The van der Waals surface area contributed by atoms with E-state index in [1.54, 1.807) is 24.3 Å². The number of hydrogen-bond acceptors (Lipinski definition) is 7. The fourth-order valence-electron chi connectivity index (χ4n) is 2.92. The second-order valence-corrected chi connectivity index (χ2v) is 8.53. The summed E-state index contributed by atoms with van der Waals surface area (Å²) in [5.41, 5.74) is 0.265. The molecule has 0 saturated carbocycles. The molecule has 0 aromatic heterocycles. The van der Waals surface area contributed by atoms with E-state index >= 15 is 0 Å². The van der Waals surface area contributed by atoms with Crippen LogP contribution >= 0.6 is 0 Å². The van der Waals surface area contributed by atoms with Gasteiger partial charge in [-0.3, -0.25) is 4.79 Å². The number of aromatic hydroxyl groups is 1. The van der Waals surface area contributed by atoms with E-state index in [0.29, 0.717) is 24.5 Å². The quantitative estimate of drug-likeness (QED) is 0.397. The number of phenolic OH excluding ortho intramolecular Hbond substituents is 1. The van der Waals surface area contributed by atoms with Gasteiger partial charge in [-0.05, 0) is 42.0 Å². The maximum Gasteiger partial charge on any atom is 0.266 e. The predicted molar refractivity (Wildman–Crippen MR) is 113 cm³/mol. The Morgan fingerprint density at radius 1 is 1.23 bits per heavy atom. The van der Waals surface area contributed by atoms with Crippen molar-refractivity contribution in [3.8, 4) is 17.6 Å². The first-order valence-corrected chi connectivity index (χ1v) is 10.8. The second-order valence-electron chi connectivity index (χ2n) is 6.59. The Bertz CT molecular complexity index is 1130. The van der Waals surface area contributed by atoms with Gasteiger partial charge in [0, 0.05) is 13.1 Å². The van der Waals surface area contributed by atoms with E-state index < -0.39 is 15.9 Å². The highest BCUT2D eigenvalue weighted by Crippen LogP contribution is 2.29. The summed E-state index contributed by atoms with van der Waals surface area (Å²) in [6.07, 6.45) is 1.38. The zero-order valence-electron chi connectivity index (χ0n) is 16.7. The molecule has 3 rings (SSSR count). The summed E-state index contributed by atoms with van der Waals surface area (Å²) in [5, 5.41) is 21.9. The van der Waals surface area contributed by atoms with Gasteiger partial charge >= 0.3 is 0 Å². The van der Waals surface area contributed by atoms with Crippen molar-refractivity contribution < 1.29 is 27.8 Å². The molecule has 0 radical (unpaired) electrons. The molecule has 2 N–H and O–H groups in total. The molecule has 0 spiro atoms. The number of nitrogens with one attached hydrogen (secondary N) is 1. The molecule has 0 bridgehead atoms. The zero-order chi connectivity index (χ0) is 22.4. The van der Waals surface area contributed by atoms with Crippen molar-refractivity contribution in [1.29, 1.82) is 5.26 Å². The first-order valence-electron chi connectivity index (χ1n) is 9.33. The Morgan fingerprint density at radius 2 is 1.90 bits per heavy atom. The Balaban J connectivity index is 1.83. The van der Waals surface area contributed by atoms with Gasteiger partial charge in [0.25, 0.3) is 5.91 Å². The fraction of sp³-hybridized carbons (Fsp3) is 0.238. The zero-order valence-corrected chi connectivity index (χ0v) is 17.6. The van der Waals surface area contributed by atoms with Gasteiger partial charge in [-0.1, -0.05) is 12.1 Å². The lowest BCUT2D eigenvalue weighted by Gasteiger charge is -2.26. The van der Waals surface area contributed by atoms with Crippen molar-refractivity contribution in [2.24, 2.45) is 0 Å². The van der Waals surface area contributed by atoms with Gasteiger partial charge in [-0.2, -0.15) is 9.57 Å². The lowest BCUT2D eigenvalue weighted by molar-refractivity contribution is -0.112. The average molecular weight is 443 g/mol. The molecule has 2 aromatic carbocycles. The summed E-state index contributed by atoms with van der Waals surface area (Å²) in [4.78, 5) is 12.5. The van der Waals surface area contributed by atoms with Crippen molar-refractivity contribution >= 4 is 27.7 Å². The molecule has 1 aliphatic rings. The van der Waals surface area contributed by atoms with Gasteiger partial charge in [0.2, 0.25) is 10.0 Å². The first kappa shape index (κ1) is 22.3. The lowest BCUT2D eigenvalue weighted by Crippen LogP contribution is -2.40. The molecule has 10 heteroatoms. The lowest BCUT2D eigenvalue weighted by atomic mass is 10.1. The number of rotatable bonds is 6. The first-order chi connectivity index (χ1) is 14.8. The number of carbonyl (C=O) groups is 1. The summed E-state index contributed by atoms with van der Waals surface area (Å²) < 4.78 is 37.2. The number of nitrogens with zero attached hydrogens (tertiary/aromatic N) is 2. The molecule has 1 fully saturated rings. The average Bonchev–Trinajstić information content (AvgIpc) is 2.79. The van der Waals surface area contributed by atoms with Crippen LogP contribution in [0.1, 0.15) is 5.56 Å². The van der Waals surface area contributed by atoms with Crippen LogP contribution in [-0.4, -0.2) is 57.1 Å². The van der Waals surface area contributed by atoms with Crippen LogP contribution in [0.4, 0.5) is 5.69 Å². The highest BCUT2D eigenvalue weighted by atomic mass is 32.2. The van der Waals surface area contributed by atoms with Gasteiger partial charge in [0.15, 0.2) is 0 Å². The third-order valence-corrected chi connectivity index (χ3v) is 6.51. The Labute approximate surface area is 180 Å². The molecule has 1 amide bonds. The number of methoxy groups -OCH3 is 1. The molecule has 2 aromatic rings. The minimum Gasteiger partial charge on any atom is -0.506 e. The minimum atomic E-state index is -3.82. The summed E-state index contributed by atoms with van der Waals surface area (Å²) in [6, 6.07) is 12.1. The van der Waals surface area contributed by atoms with E-state index in [0.717, 1.165) is 0 Å². The monoisotopic (exact) mass is 443 g/mol. The van der Waals surface area contributed by atoms with Crippen LogP contribution in [0.2, 0.25) is 0 Å². The molecule has 31 heavy (non-hydrogen) atoms. The standard InChI is InChI=1S/C21H21N3O6S/c1-29-17-4-2-15(3-5-17)12-16(14-22)21(26)23-19-13-18(6-7-20(19)25)31(27,28)24-8-10-30-11-9-24/h2-7,12-13,25H,8-11H2,1H3,(H,23,26). The van der Waals surface area contributed by atoms with Crippen molar-refractivity contribution in [2.45, 2.75) is 4.90 Å². The topological polar surface area (TPSA) is 129 Å². The molecule has 9 nitrogen and oxygen atoms in total. The van der Waals surface area contributed by atoms with Crippen LogP contribution in [0, 0.1) is 11.3 Å².